The van der Waals surface area contributed by atoms with E-state index in [1.54, 1.807) is 12.1 Å². The lowest BCUT2D eigenvalue weighted by Crippen LogP contribution is -2.60. The first kappa shape index (κ1) is 29.4. The molecule has 0 aliphatic carbocycles. The van der Waals surface area contributed by atoms with Gasteiger partial charge in [0.05, 0.1) is 0 Å². The maximum absolute atomic E-state index is 12.8. The van der Waals surface area contributed by atoms with Crippen molar-refractivity contribution in [2.24, 2.45) is 0 Å². The molecule has 224 valence electrons. The normalized spacial score (nSPS) is 22.1. The third-order valence-electron chi connectivity index (χ3n) is 6.67. The highest BCUT2D eigenvalue weighted by atomic mass is 16.7. The molecule has 4 aromatic rings. The van der Waals surface area contributed by atoms with Gasteiger partial charge in [-0.1, -0.05) is 12.1 Å². The SMILES string of the molecule is O=C(C=Cc1ccc(O)cc1)OC[C@@H]1O[C@@H](Oc2cc(O)c3c(=O)c(O)c(-c4ccc(O)cc4)oc3c2)[C@H](O)[C@@H](O)[C@@H]1O. The molecule has 0 saturated carbocycles. The topological polar surface area (TPSA) is 217 Å². The minimum Gasteiger partial charge on any atom is -0.508 e. The van der Waals surface area contributed by atoms with Crippen molar-refractivity contribution in [2.45, 2.75) is 30.7 Å². The summed E-state index contributed by atoms with van der Waals surface area (Å²) >= 11 is 0. The van der Waals surface area contributed by atoms with E-state index in [0.29, 0.717) is 5.56 Å². The Morgan fingerprint density at radius 3 is 2.19 bits per heavy atom. The van der Waals surface area contributed by atoms with Gasteiger partial charge < -0.3 is 54.4 Å². The van der Waals surface area contributed by atoms with E-state index in [4.69, 9.17) is 18.6 Å². The van der Waals surface area contributed by atoms with Crippen molar-refractivity contribution in [1.82, 2.24) is 0 Å². The number of hydrogen-bond donors (Lipinski definition) is 7. The number of hydrogen-bond acceptors (Lipinski definition) is 13. The largest absolute Gasteiger partial charge is 0.508 e. The molecule has 13 heteroatoms. The van der Waals surface area contributed by atoms with E-state index in [-0.39, 0.29) is 39.5 Å². The fraction of sp³-hybridized carbons (Fsp3) is 0.200. The summed E-state index contributed by atoms with van der Waals surface area (Å²) in [4.78, 5) is 25.0. The summed E-state index contributed by atoms with van der Waals surface area (Å²) in [6.07, 6.45) is -5.65. The fourth-order valence-electron chi connectivity index (χ4n) is 4.39. The van der Waals surface area contributed by atoms with Crippen molar-refractivity contribution in [3.05, 3.63) is 82.5 Å². The second-order valence-corrected chi connectivity index (χ2v) is 9.66. The first-order valence-corrected chi connectivity index (χ1v) is 12.8. The Balaban J connectivity index is 1.34. The molecule has 1 aliphatic rings. The number of aromatic hydroxyl groups is 4. The number of fused-ring (bicyclic) bond motifs is 1. The number of carbonyl (C=O) groups excluding carboxylic acids is 1. The molecule has 1 aliphatic heterocycles. The molecule has 3 aromatic carbocycles. The summed E-state index contributed by atoms with van der Waals surface area (Å²) in [5.41, 5.74) is -0.297. The van der Waals surface area contributed by atoms with Crippen molar-refractivity contribution in [3.8, 4) is 40.1 Å². The molecule has 1 saturated heterocycles. The van der Waals surface area contributed by atoms with Gasteiger partial charge in [-0.25, -0.2) is 4.79 Å². The minimum absolute atomic E-state index is 0.0576. The van der Waals surface area contributed by atoms with Gasteiger partial charge in [0, 0.05) is 23.8 Å². The van der Waals surface area contributed by atoms with Crippen LogP contribution in [0.5, 0.6) is 28.7 Å². The quantitative estimate of drug-likeness (QED) is 0.120. The Labute approximate surface area is 242 Å². The molecular formula is C30H26O13. The van der Waals surface area contributed by atoms with Crippen LogP contribution >= 0.6 is 0 Å². The first-order chi connectivity index (χ1) is 20.5. The van der Waals surface area contributed by atoms with Crippen LogP contribution in [-0.4, -0.2) is 79.0 Å². The summed E-state index contributed by atoms with van der Waals surface area (Å²) in [5, 5.41) is 70.7. The van der Waals surface area contributed by atoms with E-state index in [1.807, 2.05) is 0 Å². The molecule has 0 spiro atoms. The highest BCUT2D eigenvalue weighted by Crippen LogP contribution is 2.36. The molecule has 13 nitrogen and oxygen atoms in total. The van der Waals surface area contributed by atoms with E-state index >= 15 is 0 Å². The zero-order valence-electron chi connectivity index (χ0n) is 22.1. The van der Waals surface area contributed by atoms with Crippen molar-refractivity contribution in [3.63, 3.8) is 0 Å². The van der Waals surface area contributed by atoms with Gasteiger partial charge in [-0.05, 0) is 48.0 Å². The predicted octanol–water partition coefficient (Wildman–Crippen LogP) is 1.73. The van der Waals surface area contributed by atoms with Gasteiger partial charge in [0.1, 0.15) is 65.0 Å². The smallest absolute Gasteiger partial charge is 0.330 e. The van der Waals surface area contributed by atoms with Crippen molar-refractivity contribution >= 4 is 23.0 Å². The van der Waals surface area contributed by atoms with Crippen LogP contribution in [0.4, 0.5) is 0 Å². The van der Waals surface area contributed by atoms with Gasteiger partial charge in [0.2, 0.25) is 17.5 Å². The maximum Gasteiger partial charge on any atom is 0.330 e. The van der Waals surface area contributed by atoms with Crippen molar-refractivity contribution < 1.29 is 59.2 Å². The lowest BCUT2D eigenvalue weighted by molar-refractivity contribution is -0.278. The van der Waals surface area contributed by atoms with Crippen LogP contribution < -0.4 is 10.2 Å². The number of rotatable bonds is 7. The van der Waals surface area contributed by atoms with Crippen LogP contribution in [0.1, 0.15) is 5.56 Å². The van der Waals surface area contributed by atoms with Gasteiger partial charge in [0.25, 0.3) is 0 Å². The number of phenols is 3. The lowest BCUT2D eigenvalue weighted by atomic mass is 9.99. The maximum atomic E-state index is 12.8. The van der Waals surface area contributed by atoms with E-state index in [2.05, 4.69) is 0 Å². The number of aliphatic hydroxyl groups excluding tert-OH is 3. The van der Waals surface area contributed by atoms with E-state index in [0.717, 1.165) is 12.1 Å². The number of carbonyl (C=O) groups is 1. The Morgan fingerprint density at radius 2 is 1.51 bits per heavy atom. The Morgan fingerprint density at radius 1 is 0.860 bits per heavy atom. The third kappa shape index (κ3) is 6.24. The summed E-state index contributed by atoms with van der Waals surface area (Å²) < 4.78 is 22.0. The zero-order valence-corrected chi connectivity index (χ0v) is 22.1. The van der Waals surface area contributed by atoms with Gasteiger partial charge in [-0.2, -0.15) is 0 Å². The standard InChI is InChI=1S/C30H26O13/c31-16-6-1-14(2-7-16)3-10-22(34)40-13-21-24(35)26(37)28(39)30(43-21)41-18-11-19(33)23-20(12-18)42-29(27(38)25(23)36)15-4-8-17(32)9-5-15/h1-12,21,24,26,28,30-33,35,37-39H,13H2/t21-,24+,26-,28+,30+/m0/s1. The lowest BCUT2D eigenvalue weighted by Gasteiger charge is -2.39. The molecule has 1 aromatic heterocycles. The summed E-state index contributed by atoms with van der Waals surface area (Å²) in [6.45, 7) is -0.531. The average molecular weight is 595 g/mol. The molecule has 2 heterocycles. The third-order valence-corrected chi connectivity index (χ3v) is 6.67. The van der Waals surface area contributed by atoms with Gasteiger partial charge in [-0.3, -0.25) is 4.79 Å². The second-order valence-electron chi connectivity index (χ2n) is 9.66. The highest BCUT2D eigenvalue weighted by molar-refractivity contribution is 5.88. The Kier molecular flexibility index (Phi) is 8.23. The van der Waals surface area contributed by atoms with E-state index < -0.39 is 60.2 Å². The molecule has 0 bridgehead atoms. The zero-order chi connectivity index (χ0) is 30.8. The minimum atomic E-state index is -1.78. The van der Waals surface area contributed by atoms with Gasteiger partial charge in [0.15, 0.2) is 5.76 Å². The van der Waals surface area contributed by atoms with Gasteiger partial charge >= 0.3 is 5.97 Å². The molecule has 7 N–H and O–H groups in total. The fourth-order valence-corrected chi connectivity index (χ4v) is 4.39. The van der Waals surface area contributed by atoms with Crippen molar-refractivity contribution in [1.29, 1.82) is 0 Å². The highest BCUT2D eigenvalue weighted by Gasteiger charge is 2.45. The monoisotopic (exact) mass is 594 g/mol. The number of aliphatic hydroxyl groups is 3. The average Bonchev–Trinajstić information content (AvgIpc) is 2.98. The van der Waals surface area contributed by atoms with Crippen molar-refractivity contribution in [2.75, 3.05) is 6.61 Å². The Bertz CT molecular complexity index is 1710. The van der Waals surface area contributed by atoms with Gasteiger partial charge in [-0.15, -0.1) is 0 Å². The van der Waals surface area contributed by atoms with Crippen LogP contribution in [0.3, 0.4) is 0 Å². The number of phenolic OH excluding ortho intramolecular Hbond substituents is 3. The number of ether oxygens (including phenoxy) is 3. The molecule has 1 fully saturated rings. The molecule has 0 radical (unpaired) electrons. The summed E-state index contributed by atoms with van der Waals surface area (Å²) in [7, 11) is 0. The first-order valence-electron chi connectivity index (χ1n) is 12.8. The number of esters is 1. The van der Waals surface area contributed by atoms with Crippen LogP contribution in [0.2, 0.25) is 0 Å². The van der Waals surface area contributed by atoms with Crippen LogP contribution in [0.25, 0.3) is 28.4 Å². The summed E-state index contributed by atoms with van der Waals surface area (Å²) in [6, 6.07) is 13.6. The Hall–Kier alpha value is -5.08. The molecule has 0 amide bonds. The predicted molar refractivity (Wildman–Crippen MR) is 148 cm³/mol. The summed E-state index contributed by atoms with van der Waals surface area (Å²) in [5.74, 6) is -2.65. The molecule has 5 rings (SSSR count). The number of benzene rings is 3. The van der Waals surface area contributed by atoms with E-state index in [1.165, 1.54) is 48.5 Å². The molecule has 5 atom stereocenters. The molecule has 43 heavy (non-hydrogen) atoms. The van der Waals surface area contributed by atoms with Crippen LogP contribution in [0.15, 0.2) is 76.0 Å². The molecule has 0 unspecified atom stereocenters. The van der Waals surface area contributed by atoms with Crippen LogP contribution in [0, 0.1) is 0 Å². The van der Waals surface area contributed by atoms with E-state index in [9.17, 15) is 45.3 Å². The second kappa shape index (κ2) is 12.0. The van der Waals surface area contributed by atoms with Crippen LogP contribution in [-0.2, 0) is 14.3 Å². The molecular weight excluding hydrogens is 568 g/mol.